The third kappa shape index (κ3) is 8.24. The average molecular weight is 733 g/mol. The number of aryl methyl sites for hydroxylation is 1. The highest BCUT2D eigenvalue weighted by molar-refractivity contribution is 6.19. The molecule has 3 aromatic carbocycles. The number of benzene rings is 3. The van der Waals surface area contributed by atoms with Crippen molar-refractivity contribution in [2.24, 2.45) is 0 Å². The lowest BCUT2D eigenvalue weighted by Gasteiger charge is -2.18. The minimum absolute atomic E-state index is 0.0963. The van der Waals surface area contributed by atoms with Crippen molar-refractivity contribution in [2.75, 3.05) is 82.6 Å². The summed E-state index contributed by atoms with van der Waals surface area (Å²) >= 11 is 6.40. The van der Waals surface area contributed by atoms with Crippen LogP contribution in [0.1, 0.15) is 37.9 Å². The van der Waals surface area contributed by atoms with Crippen molar-refractivity contribution in [3.05, 3.63) is 83.2 Å². The highest BCUT2D eigenvalue weighted by Crippen LogP contribution is 2.46. The maximum Gasteiger partial charge on any atom is 0.274 e. The van der Waals surface area contributed by atoms with E-state index in [0.717, 1.165) is 21.9 Å². The smallest absolute Gasteiger partial charge is 0.274 e. The second-order valence-electron chi connectivity index (χ2n) is 12.3. The van der Waals surface area contributed by atoms with Crippen molar-refractivity contribution in [3.8, 4) is 17.2 Å². The number of ether oxygens (including phenoxy) is 5. The molecule has 3 heterocycles. The molecule has 1 aliphatic heterocycles. The molecule has 52 heavy (non-hydrogen) atoms. The van der Waals surface area contributed by atoms with E-state index in [2.05, 4.69) is 15.3 Å². The van der Waals surface area contributed by atoms with Gasteiger partial charge in [0.2, 0.25) is 0 Å². The Bertz CT molecular complexity index is 2050. The molecule has 0 saturated carbocycles. The summed E-state index contributed by atoms with van der Waals surface area (Å²) < 4.78 is 26.7. The van der Waals surface area contributed by atoms with Gasteiger partial charge in [0.15, 0.2) is 11.5 Å². The summed E-state index contributed by atoms with van der Waals surface area (Å²) in [5.41, 5.74) is 3.94. The Hall–Kier alpha value is -4.92. The van der Waals surface area contributed by atoms with Crippen molar-refractivity contribution < 1.29 is 43.5 Å². The molecule has 6 rings (SSSR count). The van der Waals surface area contributed by atoms with Crippen molar-refractivity contribution in [2.45, 2.75) is 12.8 Å². The number of phenols is 2. The number of hydrogen-bond acceptors (Lipinski definition) is 10. The van der Waals surface area contributed by atoms with Gasteiger partial charge in [0, 0.05) is 47.9 Å². The highest BCUT2D eigenvalue weighted by Gasteiger charge is 2.36. The topological polar surface area (TPSA) is 165 Å². The normalized spacial score (nSPS) is 13.9. The number of anilines is 2. The molecule has 0 radical (unpaired) electrons. The minimum atomic E-state index is -0.467. The van der Waals surface area contributed by atoms with E-state index in [4.69, 9.17) is 35.3 Å². The summed E-state index contributed by atoms with van der Waals surface area (Å²) in [6.07, 6.45) is 1.48. The number of alkyl halides is 1. The molecule has 0 aliphatic carbocycles. The molecule has 1 atom stereocenters. The Balaban J connectivity index is 1.04. The van der Waals surface area contributed by atoms with E-state index < -0.39 is 5.91 Å². The first-order chi connectivity index (χ1) is 25.3. The fourth-order valence-corrected chi connectivity index (χ4v) is 6.49. The van der Waals surface area contributed by atoms with Crippen LogP contribution in [0, 0.1) is 6.92 Å². The SMILES string of the molecule is COCCOCCOCCOCCOc1ccc(C(=O)Nc2cnc3[nH]c(C(=O)N4CC(CCl)c5c4cc(O)c4cccc(C)c54)cc3c2)cc1O. The molecular formula is C38H41ClN4O9. The fourth-order valence-electron chi connectivity index (χ4n) is 6.24. The van der Waals surface area contributed by atoms with Crippen LogP contribution in [0.4, 0.5) is 11.4 Å². The number of nitrogens with one attached hydrogen (secondary N) is 2. The van der Waals surface area contributed by atoms with Crippen molar-refractivity contribution in [1.82, 2.24) is 9.97 Å². The first kappa shape index (κ1) is 36.9. The highest BCUT2D eigenvalue weighted by atomic mass is 35.5. The molecule has 0 bridgehead atoms. The van der Waals surface area contributed by atoms with Crippen LogP contribution in [0.25, 0.3) is 21.8 Å². The Morgan fingerprint density at radius 3 is 2.38 bits per heavy atom. The number of pyridine rings is 1. The van der Waals surface area contributed by atoms with Gasteiger partial charge in [-0.15, -0.1) is 11.6 Å². The van der Waals surface area contributed by atoms with E-state index in [1.54, 1.807) is 30.2 Å². The number of nitrogens with zero attached hydrogens (tertiary/aromatic N) is 2. The summed E-state index contributed by atoms with van der Waals surface area (Å²) in [4.78, 5) is 36.1. The Labute approximate surface area is 305 Å². The van der Waals surface area contributed by atoms with E-state index in [0.29, 0.717) is 80.2 Å². The van der Waals surface area contributed by atoms with Crippen LogP contribution >= 0.6 is 11.6 Å². The van der Waals surface area contributed by atoms with Gasteiger partial charge in [-0.25, -0.2) is 4.98 Å². The largest absolute Gasteiger partial charge is 0.507 e. The third-order valence-electron chi connectivity index (χ3n) is 8.74. The minimum Gasteiger partial charge on any atom is -0.507 e. The molecule has 0 fully saturated rings. The zero-order chi connectivity index (χ0) is 36.6. The van der Waals surface area contributed by atoms with Crippen molar-refractivity contribution >= 4 is 56.6 Å². The molecule has 2 aromatic heterocycles. The predicted octanol–water partition coefficient (Wildman–Crippen LogP) is 5.75. The van der Waals surface area contributed by atoms with Gasteiger partial charge >= 0.3 is 0 Å². The second kappa shape index (κ2) is 17.1. The number of fused-ring (bicyclic) bond motifs is 4. The van der Waals surface area contributed by atoms with E-state index in [1.165, 1.54) is 24.4 Å². The van der Waals surface area contributed by atoms with Gasteiger partial charge < -0.3 is 49.1 Å². The summed E-state index contributed by atoms with van der Waals surface area (Å²) in [6.45, 7) is 5.65. The maximum atomic E-state index is 13.9. The number of phenolic OH excluding ortho intramolecular Hbond substituents is 2. The van der Waals surface area contributed by atoms with Gasteiger partial charge in [-0.05, 0) is 53.8 Å². The molecule has 14 heteroatoms. The predicted molar refractivity (Wildman–Crippen MR) is 197 cm³/mol. The summed E-state index contributed by atoms with van der Waals surface area (Å²) in [5.74, 6) is -0.434. The Kier molecular flexibility index (Phi) is 12.1. The molecule has 0 spiro atoms. The number of aromatic nitrogens is 2. The van der Waals surface area contributed by atoms with Crippen LogP contribution in [-0.4, -0.2) is 104 Å². The van der Waals surface area contributed by atoms with Gasteiger partial charge in [0.25, 0.3) is 11.8 Å². The monoisotopic (exact) mass is 732 g/mol. The van der Waals surface area contributed by atoms with Crippen LogP contribution in [-0.2, 0) is 18.9 Å². The first-order valence-electron chi connectivity index (χ1n) is 16.9. The molecule has 2 amide bonds. The van der Waals surface area contributed by atoms with E-state index in [9.17, 15) is 19.8 Å². The average Bonchev–Trinajstić information content (AvgIpc) is 3.74. The number of carbonyl (C=O) groups excluding carboxylic acids is 2. The lowest BCUT2D eigenvalue weighted by atomic mass is 9.92. The zero-order valence-electron chi connectivity index (χ0n) is 28.9. The number of aromatic amines is 1. The standard InChI is InChI=1S/C38H41ClN4O9/c1-23-4-3-5-28-31(44)19-30-35(34(23)28)26(20-39)22-43(30)38(47)29-17-25-16-27(21-40-36(25)42-29)41-37(46)24-6-7-33(32(45)18-24)52-15-14-51-13-12-50-11-10-49-9-8-48-2/h3-7,16-19,21,26,44-45H,8-15,20,22H2,1-2H3,(H,40,42)(H,41,46). The molecule has 0 saturated heterocycles. The number of amides is 2. The molecule has 4 N–H and O–H groups in total. The van der Waals surface area contributed by atoms with Gasteiger partial charge in [-0.1, -0.05) is 18.2 Å². The Morgan fingerprint density at radius 1 is 0.942 bits per heavy atom. The van der Waals surface area contributed by atoms with Gasteiger partial charge in [-0.3, -0.25) is 9.59 Å². The van der Waals surface area contributed by atoms with Gasteiger partial charge in [0.05, 0.1) is 63.8 Å². The van der Waals surface area contributed by atoms with Crippen molar-refractivity contribution in [1.29, 1.82) is 0 Å². The van der Waals surface area contributed by atoms with Crippen LogP contribution in [0.5, 0.6) is 17.2 Å². The number of halogens is 1. The van der Waals surface area contributed by atoms with Crippen LogP contribution < -0.4 is 15.0 Å². The fraction of sp³-hybridized carbons (Fsp3) is 0.342. The van der Waals surface area contributed by atoms with Crippen LogP contribution in [0.15, 0.2) is 60.8 Å². The van der Waals surface area contributed by atoms with Gasteiger partial charge in [0.1, 0.15) is 23.7 Å². The molecule has 1 unspecified atom stereocenters. The number of hydrogen-bond donors (Lipinski definition) is 4. The third-order valence-corrected chi connectivity index (χ3v) is 9.11. The lowest BCUT2D eigenvalue weighted by molar-refractivity contribution is 0.0000850. The van der Waals surface area contributed by atoms with Crippen LogP contribution in [0.3, 0.4) is 0 Å². The zero-order valence-corrected chi connectivity index (χ0v) is 29.7. The molecule has 13 nitrogen and oxygen atoms in total. The summed E-state index contributed by atoms with van der Waals surface area (Å²) in [7, 11) is 1.62. The molecular weight excluding hydrogens is 692 g/mol. The first-order valence-corrected chi connectivity index (χ1v) is 17.4. The lowest BCUT2D eigenvalue weighted by Crippen LogP contribution is -2.30. The maximum absolute atomic E-state index is 13.9. The molecule has 274 valence electrons. The van der Waals surface area contributed by atoms with Gasteiger partial charge in [-0.2, -0.15) is 0 Å². The molecule has 5 aromatic rings. The second-order valence-corrected chi connectivity index (χ2v) is 12.6. The number of carbonyl (C=O) groups is 2. The van der Waals surface area contributed by atoms with E-state index in [1.807, 2.05) is 25.1 Å². The number of methoxy groups -OCH3 is 1. The van der Waals surface area contributed by atoms with E-state index >= 15 is 0 Å². The van der Waals surface area contributed by atoms with Crippen LogP contribution in [0.2, 0.25) is 0 Å². The number of aromatic hydroxyl groups is 2. The summed E-state index contributed by atoms with van der Waals surface area (Å²) in [5, 5.41) is 26.4. The Morgan fingerprint density at radius 2 is 1.67 bits per heavy atom. The summed E-state index contributed by atoms with van der Waals surface area (Å²) in [6, 6.07) is 15.1. The number of rotatable bonds is 17. The molecule has 1 aliphatic rings. The quantitative estimate of drug-likeness (QED) is 0.0684. The van der Waals surface area contributed by atoms with E-state index in [-0.39, 0.29) is 47.9 Å². The van der Waals surface area contributed by atoms with Crippen molar-refractivity contribution in [3.63, 3.8) is 0 Å². The number of H-pyrrole nitrogens is 1.